The fourth-order valence-electron chi connectivity index (χ4n) is 3.75. The fourth-order valence-corrected chi connectivity index (χ4v) is 3.75. The Morgan fingerprint density at radius 3 is 2.74 bits per heavy atom. The van der Waals surface area contributed by atoms with Crippen LogP contribution in [0.25, 0.3) is 0 Å². The van der Waals surface area contributed by atoms with Crippen molar-refractivity contribution in [1.29, 1.82) is 0 Å². The first-order valence-corrected chi connectivity index (χ1v) is 7.15. The summed E-state index contributed by atoms with van der Waals surface area (Å²) in [6, 6.07) is 10.2. The van der Waals surface area contributed by atoms with Crippen molar-refractivity contribution in [3.05, 3.63) is 35.9 Å². The van der Waals surface area contributed by atoms with Gasteiger partial charge in [0.15, 0.2) is 5.78 Å². The number of rotatable bonds is 1. The lowest BCUT2D eigenvalue weighted by Gasteiger charge is -2.50. The monoisotopic (exact) mass is 259 g/mol. The summed E-state index contributed by atoms with van der Waals surface area (Å²) in [5.41, 5.74) is 0.0733. The second-order valence-corrected chi connectivity index (χ2v) is 5.91. The summed E-state index contributed by atoms with van der Waals surface area (Å²) in [6.07, 6.45) is 4.03. The largest absolute Gasteiger partial charge is 0.380 e. The molecule has 3 atom stereocenters. The molecule has 1 aromatic rings. The molecule has 102 valence electrons. The van der Waals surface area contributed by atoms with Crippen molar-refractivity contribution in [3.8, 4) is 0 Å². The number of aliphatic hydroxyl groups is 1. The molecule has 0 spiro atoms. The first kappa shape index (κ1) is 12.8. The predicted molar refractivity (Wildman–Crippen MR) is 73.8 cm³/mol. The molecule has 2 aliphatic rings. The fraction of sp³-hybridized carbons (Fsp3) is 0.562. The van der Waals surface area contributed by atoms with Crippen LogP contribution in [0.1, 0.15) is 43.7 Å². The molecule has 0 radical (unpaired) electrons. The third kappa shape index (κ3) is 2.01. The maximum Gasteiger partial charge on any atom is 0.167 e. The van der Waals surface area contributed by atoms with E-state index in [2.05, 4.69) is 17.0 Å². The molecule has 1 saturated carbocycles. The van der Waals surface area contributed by atoms with Crippen LogP contribution in [-0.4, -0.2) is 34.5 Å². The minimum atomic E-state index is -1.10. The van der Waals surface area contributed by atoms with E-state index in [0.29, 0.717) is 12.8 Å². The maximum atomic E-state index is 12.4. The Kier molecular flexibility index (Phi) is 3.19. The summed E-state index contributed by atoms with van der Waals surface area (Å²) >= 11 is 0. The molecule has 3 rings (SSSR count). The van der Waals surface area contributed by atoms with Crippen LogP contribution in [0.2, 0.25) is 0 Å². The number of fused-ring (bicyclic) bond motifs is 1. The van der Waals surface area contributed by atoms with Crippen LogP contribution in [0.4, 0.5) is 0 Å². The van der Waals surface area contributed by atoms with E-state index in [9.17, 15) is 9.90 Å². The second-order valence-electron chi connectivity index (χ2n) is 5.91. The number of likely N-dealkylation sites (N-methyl/N-ethyl adjacent to an activating group) is 1. The zero-order chi connectivity index (χ0) is 13.5. The predicted octanol–water partition coefficient (Wildman–Crippen LogP) is 2.31. The van der Waals surface area contributed by atoms with Gasteiger partial charge in [0.25, 0.3) is 0 Å². The molecule has 0 unspecified atom stereocenters. The van der Waals surface area contributed by atoms with Crippen molar-refractivity contribution in [3.63, 3.8) is 0 Å². The molecule has 1 saturated heterocycles. The van der Waals surface area contributed by atoms with E-state index in [4.69, 9.17) is 0 Å². The van der Waals surface area contributed by atoms with Crippen molar-refractivity contribution >= 4 is 5.78 Å². The molecule has 1 N–H and O–H groups in total. The Balaban J connectivity index is 1.93. The quantitative estimate of drug-likeness (QED) is 0.841. The van der Waals surface area contributed by atoms with Crippen LogP contribution in [0.3, 0.4) is 0 Å². The molecule has 1 aliphatic carbocycles. The zero-order valence-electron chi connectivity index (χ0n) is 11.4. The Morgan fingerprint density at radius 2 is 2.00 bits per heavy atom. The minimum absolute atomic E-state index is 0.0206. The van der Waals surface area contributed by atoms with Gasteiger partial charge in [-0.2, -0.15) is 0 Å². The number of likely N-dealkylation sites (tertiary alicyclic amines) is 1. The molecule has 0 aromatic heterocycles. The lowest BCUT2D eigenvalue weighted by molar-refractivity contribution is -0.162. The van der Waals surface area contributed by atoms with Gasteiger partial charge in [-0.3, -0.25) is 9.69 Å². The molecule has 19 heavy (non-hydrogen) atoms. The van der Waals surface area contributed by atoms with Gasteiger partial charge in [-0.15, -0.1) is 0 Å². The van der Waals surface area contributed by atoms with Gasteiger partial charge in [-0.05, 0) is 31.9 Å². The summed E-state index contributed by atoms with van der Waals surface area (Å²) in [6.45, 7) is 0. The van der Waals surface area contributed by atoms with Crippen molar-refractivity contribution in [1.82, 2.24) is 4.90 Å². The average molecular weight is 259 g/mol. The molecule has 3 nitrogen and oxygen atoms in total. The van der Waals surface area contributed by atoms with Crippen LogP contribution in [0, 0.1) is 0 Å². The Hall–Kier alpha value is -1.19. The molecule has 1 heterocycles. The number of benzene rings is 1. The van der Waals surface area contributed by atoms with Crippen LogP contribution >= 0.6 is 0 Å². The molecular weight excluding hydrogens is 238 g/mol. The van der Waals surface area contributed by atoms with E-state index in [1.165, 1.54) is 5.56 Å². The van der Waals surface area contributed by atoms with Crippen molar-refractivity contribution < 1.29 is 9.90 Å². The average Bonchev–Trinajstić information content (AvgIpc) is 2.44. The van der Waals surface area contributed by atoms with E-state index in [1.54, 1.807) is 0 Å². The summed E-state index contributed by atoms with van der Waals surface area (Å²) in [4.78, 5) is 14.6. The first-order chi connectivity index (χ1) is 9.13. The van der Waals surface area contributed by atoms with E-state index in [0.717, 1.165) is 19.3 Å². The van der Waals surface area contributed by atoms with Crippen LogP contribution in [0.5, 0.6) is 0 Å². The third-order valence-corrected chi connectivity index (χ3v) is 4.87. The normalized spacial score (nSPS) is 36.0. The van der Waals surface area contributed by atoms with E-state index >= 15 is 0 Å². The van der Waals surface area contributed by atoms with E-state index in [-0.39, 0.29) is 17.9 Å². The first-order valence-electron chi connectivity index (χ1n) is 7.15. The number of nitrogens with zero attached hydrogens (tertiary/aromatic N) is 1. The summed E-state index contributed by atoms with van der Waals surface area (Å²) < 4.78 is 0. The van der Waals surface area contributed by atoms with Gasteiger partial charge in [-0.1, -0.05) is 36.8 Å². The summed E-state index contributed by atoms with van der Waals surface area (Å²) in [5.74, 6) is 0.0316. The van der Waals surface area contributed by atoms with Crippen molar-refractivity contribution in [2.45, 2.75) is 49.8 Å². The molecule has 1 aromatic carbocycles. The zero-order valence-corrected chi connectivity index (χ0v) is 11.4. The van der Waals surface area contributed by atoms with Gasteiger partial charge in [0.05, 0.1) is 0 Å². The van der Waals surface area contributed by atoms with Gasteiger partial charge in [0.1, 0.15) is 5.60 Å². The van der Waals surface area contributed by atoms with Gasteiger partial charge < -0.3 is 5.11 Å². The Labute approximate surface area is 114 Å². The number of ketones is 1. The molecule has 2 fully saturated rings. The number of hydrogen-bond acceptors (Lipinski definition) is 3. The summed E-state index contributed by atoms with van der Waals surface area (Å²) in [5, 5.41) is 10.7. The number of hydrogen-bond donors (Lipinski definition) is 1. The highest BCUT2D eigenvalue weighted by Crippen LogP contribution is 2.42. The maximum absolute atomic E-state index is 12.4. The van der Waals surface area contributed by atoms with Gasteiger partial charge >= 0.3 is 0 Å². The highest BCUT2D eigenvalue weighted by molar-refractivity contribution is 5.89. The van der Waals surface area contributed by atoms with E-state index in [1.807, 2.05) is 25.2 Å². The van der Waals surface area contributed by atoms with Gasteiger partial charge in [-0.25, -0.2) is 0 Å². The molecule has 0 amide bonds. The van der Waals surface area contributed by atoms with Crippen molar-refractivity contribution in [2.75, 3.05) is 7.05 Å². The van der Waals surface area contributed by atoms with Crippen LogP contribution in [-0.2, 0) is 4.79 Å². The lowest BCUT2D eigenvalue weighted by atomic mass is 9.71. The topological polar surface area (TPSA) is 40.5 Å². The number of piperidine rings is 1. The molecule has 0 bridgehead atoms. The van der Waals surface area contributed by atoms with E-state index < -0.39 is 5.60 Å². The van der Waals surface area contributed by atoms with Gasteiger partial charge in [0.2, 0.25) is 0 Å². The minimum Gasteiger partial charge on any atom is -0.380 e. The SMILES string of the molecule is CN1[C@@H](c2ccccc2)CC(=O)[C@@]2(O)CCCC[C@@H]12. The standard InChI is InChI=1S/C16H21NO2/c1-17-13(12-7-3-2-4-8-12)11-15(18)16(19)10-6-5-9-14(16)17/h2-4,7-8,13-14,19H,5-6,9-11H2,1H3/t13-,14-,16-/m1/s1. The Bertz CT molecular complexity index is 473. The second kappa shape index (κ2) is 4.73. The third-order valence-electron chi connectivity index (χ3n) is 4.87. The number of carbonyl (C=O) groups is 1. The molecule has 1 aliphatic heterocycles. The van der Waals surface area contributed by atoms with Crippen molar-refractivity contribution in [2.24, 2.45) is 0 Å². The highest BCUT2D eigenvalue weighted by atomic mass is 16.3. The van der Waals surface area contributed by atoms with Crippen LogP contribution in [0.15, 0.2) is 30.3 Å². The smallest absolute Gasteiger partial charge is 0.167 e. The lowest BCUT2D eigenvalue weighted by Crippen LogP contribution is -2.62. The number of Topliss-reactive ketones (excluding diaryl/α,β-unsaturated/α-hetero) is 1. The Morgan fingerprint density at radius 1 is 1.26 bits per heavy atom. The summed E-state index contributed by atoms with van der Waals surface area (Å²) in [7, 11) is 2.05. The molecular formula is C16H21NO2. The van der Waals surface area contributed by atoms with Gasteiger partial charge in [0, 0.05) is 18.5 Å². The highest BCUT2D eigenvalue weighted by Gasteiger charge is 2.52. The number of carbonyl (C=O) groups excluding carboxylic acids is 1. The molecule has 3 heteroatoms. The van der Waals surface area contributed by atoms with Crippen LogP contribution < -0.4 is 0 Å².